The van der Waals surface area contributed by atoms with Gasteiger partial charge in [0, 0.05) is 6.42 Å². The van der Waals surface area contributed by atoms with Crippen molar-refractivity contribution in [2.45, 2.75) is 52.6 Å². The van der Waals surface area contributed by atoms with E-state index in [1.807, 2.05) is 21.1 Å². The fourth-order valence-electron chi connectivity index (χ4n) is 1.80. The van der Waals surface area contributed by atoms with Crippen molar-refractivity contribution >= 4 is 20.3 Å². The standard InChI is InChI=1S/C16H32NO8P.CH4/c1-5-6-7-8-9-16(19)22-12-15(23-14-18)13-25-26(20,21)24-11-10-17(2,3)4;/h14-15H,5-13H2,1-4H3;1H4/p+1/t15-;/m1./s1. The topological polar surface area (TPSA) is 108 Å². The second kappa shape index (κ2) is 15.0. The van der Waals surface area contributed by atoms with Gasteiger partial charge in [0.25, 0.3) is 6.47 Å². The number of nitrogens with zero attached hydrogens (tertiary/aromatic N) is 1. The Morgan fingerprint density at radius 2 is 1.81 bits per heavy atom. The SMILES string of the molecule is C.CCCCCCC(=O)OC[C@H](COP(=O)(O)OCC[N+](C)(C)C)OC=O. The molecule has 0 aliphatic rings. The van der Waals surface area contributed by atoms with Crippen molar-refractivity contribution in [3.8, 4) is 0 Å². The molecular weight excluding hydrogens is 377 g/mol. The zero-order valence-electron chi connectivity index (χ0n) is 16.2. The highest BCUT2D eigenvalue weighted by atomic mass is 31.2. The Kier molecular flexibility index (Phi) is 15.7. The zero-order chi connectivity index (χ0) is 20.1. The van der Waals surface area contributed by atoms with Crippen LogP contribution in [0.15, 0.2) is 0 Å². The van der Waals surface area contributed by atoms with Crippen LogP contribution in [0.25, 0.3) is 0 Å². The van der Waals surface area contributed by atoms with Crippen LogP contribution in [0.2, 0.25) is 0 Å². The zero-order valence-corrected chi connectivity index (χ0v) is 17.1. The largest absolute Gasteiger partial charge is 0.472 e. The lowest BCUT2D eigenvalue weighted by atomic mass is 10.2. The average Bonchev–Trinajstić information content (AvgIpc) is 2.53. The number of rotatable bonds is 16. The van der Waals surface area contributed by atoms with Crippen LogP contribution in [-0.4, -0.2) is 75.4 Å². The molecule has 0 aromatic rings. The summed E-state index contributed by atoms with van der Waals surface area (Å²) in [5.41, 5.74) is 0. The van der Waals surface area contributed by atoms with Crippen LogP contribution in [-0.2, 0) is 32.7 Å². The van der Waals surface area contributed by atoms with Crippen molar-refractivity contribution in [2.75, 3.05) is 47.5 Å². The third-order valence-electron chi connectivity index (χ3n) is 3.35. The van der Waals surface area contributed by atoms with E-state index in [0.29, 0.717) is 11.0 Å². The lowest BCUT2D eigenvalue weighted by Crippen LogP contribution is -2.37. The predicted molar refractivity (Wildman–Crippen MR) is 102 cm³/mol. The van der Waals surface area contributed by atoms with Crippen molar-refractivity contribution in [3.63, 3.8) is 0 Å². The summed E-state index contributed by atoms with van der Waals surface area (Å²) >= 11 is 0. The van der Waals surface area contributed by atoms with Gasteiger partial charge in [0.2, 0.25) is 0 Å². The molecule has 0 fully saturated rings. The van der Waals surface area contributed by atoms with E-state index in [2.05, 4.69) is 6.92 Å². The molecule has 162 valence electrons. The van der Waals surface area contributed by atoms with E-state index in [4.69, 9.17) is 18.5 Å². The number of phosphoric ester groups is 1. The van der Waals surface area contributed by atoms with Crippen molar-refractivity contribution < 1.29 is 42.1 Å². The smallest absolute Gasteiger partial charge is 0.462 e. The van der Waals surface area contributed by atoms with Crippen molar-refractivity contribution in [1.82, 2.24) is 0 Å². The van der Waals surface area contributed by atoms with Crippen molar-refractivity contribution in [3.05, 3.63) is 0 Å². The van der Waals surface area contributed by atoms with Crippen molar-refractivity contribution in [1.29, 1.82) is 0 Å². The summed E-state index contributed by atoms with van der Waals surface area (Å²) in [6, 6.07) is 0. The first-order chi connectivity index (χ1) is 12.1. The summed E-state index contributed by atoms with van der Waals surface area (Å²) in [5.74, 6) is -0.410. The Balaban J connectivity index is 0. The number of likely N-dealkylation sites (N-methyl/N-ethyl adjacent to an activating group) is 1. The van der Waals surface area contributed by atoms with Crippen LogP contribution in [0.3, 0.4) is 0 Å². The van der Waals surface area contributed by atoms with Gasteiger partial charge in [-0.2, -0.15) is 0 Å². The molecule has 0 heterocycles. The summed E-state index contributed by atoms with van der Waals surface area (Å²) in [5, 5.41) is 0. The summed E-state index contributed by atoms with van der Waals surface area (Å²) in [6.07, 6.45) is 3.10. The Bertz CT molecular complexity index is 453. The molecule has 0 saturated carbocycles. The highest BCUT2D eigenvalue weighted by Crippen LogP contribution is 2.43. The maximum atomic E-state index is 11.8. The van der Waals surface area contributed by atoms with Crippen LogP contribution < -0.4 is 0 Å². The molecule has 0 spiro atoms. The molecule has 0 aromatic carbocycles. The molecule has 0 aliphatic heterocycles. The average molecular weight is 414 g/mol. The summed E-state index contributed by atoms with van der Waals surface area (Å²) < 4.78 is 31.8. The molecule has 0 rings (SSSR count). The maximum Gasteiger partial charge on any atom is 0.472 e. The summed E-state index contributed by atoms with van der Waals surface area (Å²) in [7, 11) is 1.47. The van der Waals surface area contributed by atoms with Gasteiger partial charge in [-0.15, -0.1) is 0 Å². The summed E-state index contributed by atoms with van der Waals surface area (Å²) in [4.78, 5) is 31.8. The van der Waals surface area contributed by atoms with Crippen LogP contribution in [0.4, 0.5) is 0 Å². The molecule has 0 radical (unpaired) electrons. The van der Waals surface area contributed by atoms with Gasteiger partial charge in [0.1, 0.15) is 19.8 Å². The monoisotopic (exact) mass is 414 g/mol. The van der Waals surface area contributed by atoms with Crippen LogP contribution in [0, 0.1) is 0 Å². The number of carbonyl (C=O) groups is 2. The Morgan fingerprint density at radius 1 is 1.15 bits per heavy atom. The molecule has 0 bridgehead atoms. The highest BCUT2D eigenvalue weighted by molar-refractivity contribution is 7.47. The van der Waals surface area contributed by atoms with E-state index in [1.54, 1.807) is 0 Å². The van der Waals surface area contributed by atoms with E-state index in [1.165, 1.54) is 0 Å². The Labute approximate surface area is 163 Å². The van der Waals surface area contributed by atoms with E-state index in [0.717, 1.165) is 25.7 Å². The number of quaternary nitrogens is 1. The number of hydrogen-bond donors (Lipinski definition) is 1. The minimum Gasteiger partial charge on any atom is -0.462 e. The van der Waals surface area contributed by atoms with E-state index >= 15 is 0 Å². The van der Waals surface area contributed by atoms with E-state index < -0.39 is 26.5 Å². The van der Waals surface area contributed by atoms with Gasteiger partial charge in [-0.25, -0.2) is 4.57 Å². The molecule has 27 heavy (non-hydrogen) atoms. The van der Waals surface area contributed by atoms with Gasteiger partial charge in [-0.3, -0.25) is 18.6 Å². The number of unbranched alkanes of at least 4 members (excludes halogenated alkanes) is 3. The molecule has 0 aromatic heterocycles. The number of esters is 1. The molecule has 0 aliphatic carbocycles. The first kappa shape index (κ1) is 28.2. The number of phosphoric acid groups is 1. The maximum absolute atomic E-state index is 11.8. The van der Waals surface area contributed by atoms with Gasteiger partial charge in [0.05, 0.1) is 27.7 Å². The highest BCUT2D eigenvalue weighted by Gasteiger charge is 2.25. The number of ether oxygens (including phenoxy) is 2. The Hall–Kier alpha value is -0.990. The lowest BCUT2D eigenvalue weighted by molar-refractivity contribution is -0.870. The minimum absolute atomic E-state index is 0. The van der Waals surface area contributed by atoms with E-state index in [-0.39, 0.29) is 33.5 Å². The fraction of sp³-hybridized carbons (Fsp3) is 0.882. The van der Waals surface area contributed by atoms with Crippen LogP contribution in [0.5, 0.6) is 0 Å². The quantitative estimate of drug-likeness (QED) is 0.135. The molecule has 10 heteroatoms. The third-order valence-corrected chi connectivity index (χ3v) is 4.34. The number of carbonyl (C=O) groups excluding carboxylic acids is 2. The molecule has 1 N–H and O–H groups in total. The number of hydrogen-bond acceptors (Lipinski definition) is 7. The lowest BCUT2D eigenvalue weighted by Gasteiger charge is -2.24. The van der Waals surface area contributed by atoms with Crippen LogP contribution >= 0.6 is 7.82 Å². The normalized spacial score (nSPS) is 14.6. The summed E-state index contributed by atoms with van der Waals surface area (Å²) in [6.45, 7) is 2.13. The third kappa shape index (κ3) is 18.2. The van der Waals surface area contributed by atoms with Gasteiger partial charge in [0.15, 0.2) is 6.10 Å². The first-order valence-corrected chi connectivity index (χ1v) is 10.3. The van der Waals surface area contributed by atoms with Crippen LogP contribution in [0.1, 0.15) is 46.5 Å². The van der Waals surface area contributed by atoms with Gasteiger partial charge < -0.3 is 18.9 Å². The Morgan fingerprint density at radius 3 is 2.37 bits per heavy atom. The molecule has 1 unspecified atom stereocenters. The van der Waals surface area contributed by atoms with Crippen molar-refractivity contribution in [2.24, 2.45) is 0 Å². The molecule has 9 nitrogen and oxygen atoms in total. The van der Waals surface area contributed by atoms with Gasteiger partial charge in [-0.1, -0.05) is 33.6 Å². The second-order valence-electron chi connectivity index (χ2n) is 6.96. The molecule has 0 saturated heterocycles. The first-order valence-electron chi connectivity index (χ1n) is 8.76. The minimum atomic E-state index is -4.28. The fourth-order valence-corrected chi connectivity index (χ4v) is 2.55. The molecule has 0 amide bonds. The predicted octanol–water partition coefficient (Wildman–Crippen LogP) is 2.52. The van der Waals surface area contributed by atoms with Gasteiger partial charge >= 0.3 is 13.8 Å². The molecular formula is C17H37NO8P+. The van der Waals surface area contributed by atoms with Gasteiger partial charge in [-0.05, 0) is 6.42 Å². The molecule has 2 atom stereocenters. The van der Waals surface area contributed by atoms with E-state index in [9.17, 15) is 19.0 Å². The second-order valence-corrected chi connectivity index (χ2v) is 8.41.